The van der Waals surface area contributed by atoms with Crippen LogP contribution in [-0.2, 0) is 17.6 Å². The van der Waals surface area contributed by atoms with E-state index >= 15 is 0 Å². The SMILES string of the molecule is CC(C)c1oc(-c2ccccc2)nc1CCOc1ccc(CC2NC(=O)SC2=O)cn1. The number of oxazole rings is 1. The molecule has 7 nitrogen and oxygen atoms in total. The van der Waals surface area contributed by atoms with Crippen molar-refractivity contribution in [2.24, 2.45) is 0 Å². The summed E-state index contributed by atoms with van der Waals surface area (Å²) < 4.78 is 11.8. The number of thioether (sulfide) groups is 1. The quantitative estimate of drug-likeness (QED) is 0.559. The zero-order valence-corrected chi connectivity index (χ0v) is 18.1. The maximum atomic E-state index is 11.7. The summed E-state index contributed by atoms with van der Waals surface area (Å²) in [6.07, 6.45) is 2.69. The summed E-state index contributed by atoms with van der Waals surface area (Å²) in [6, 6.07) is 13.0. The second-order valence-corrected chi connectivity index (χ2v) is 8.54. The molecule has 1 saturated heterocycles. The van der Waals surface area contributed by atoms with Crippen LogP contribution in [-0.4, -0.2) is 33.0 Å². The highest BCUT2D eigenvalue weighted by Gasteiger charge is 2.31. The highest BCUT2D eigenvalue weighted by atomic mass is 32.2. The summed E-state index contributed by atoms with van der Waals surface area (Å²) in [7, 11) is 0. The van der Waals surface area contributed by atoms with Crippen LogP contribution in [0.1, 0.15) is 36.8 Å². The van der Waals surface area contributed by atoms with Crippen molar-refractivity contribution < 1.29 is 18.7 Å². The highest BCUT2D eigenvalue weighted by Crippen LogP contribution is 2.27. The molecule has 3 heterocycles. The van der Waals surface area contributed by atoms with Crippen molar-refractivity contribution in [2.45, 2.75) is 38.6 Å². The van der Waals surface area contributed by atoms with Crippen molar-refractivity contribution in [3.05, 3.63) is 65.7 Å². The number of nitrogens with one attached hydrogen (secondary N) is 1. The summed E-state index contributed by atoms with van der Waals surface area (Å²) in [5.41, 5.74) is 2.70. The van der Waals surface area contributed by atoms with E-state index in [2.05, 4.69) is 29.1 Å². The van der Waals surface area contributed by atoms with Crippen LogP contribution in [0, 0.1) is 0 Å². The molecule has 0 aliphatic carbocycles. The lowest BCUT2D eigenvalue weighted by molar-refractivity contribution is -0.112. The fraction of sp³-hybridized carbons (Fsp3) is 0.304. The Morgan fingerprint density at radius 1 is 1.16 bits per heavy atom. The molecular weight excluding hydrogens is 414 g/mol. The lowest BCUT2D eigenvalue weighted by Gasteiger charge is -2.09. The fourth-order valence-corrected chi connectivity index (χ4v) is 4.00. The molecule has 0 bridgehead atoms. The molecule has 1 fully saturated rings. The molecule has 1 aliphatic heterocycles. The zero-order valence-electron chi connectivity index (χ0n) is 17.3. The van der Waals surface area contributed by atoms with Gasteiger partial charge in [-0.15, -0.1) is 0 Å². The lowest BCUT2D eigenvalue weighted by Crippen LogP contribution is -2.30. The monoisotopic (exact) mass is 437 g/mol. The van der Waals surface area contributed by atoms with Gasteiger partial charge in [-0.05, 0) is 17.7 Å². The third kappa shape index (κ3) is 5.14. The number of hydrogen-bond acceptors (Lipinski definition) is 7. The van der Waals surface area contributed by atoms with Gasteiger partial charge in [0.15, 0.2) is 0 Å². The molecule has 31 heavy (non-hydrogen) atoms. The molecule has 0 radical (unpaired) electrons. The van der Waals surface area contributed by atoms with Gasteiger partial charge in [0, 0.05) is 48.3 Å². The van der Waals surface area contributed by atoms with E-state index in [1.54, 1.807) is 12.3 Å². The van der Waals surface area contributed by atoms with E-state index in [0.29, 0.717) is 43.0 Å². The Morgan fingerprint density at radius 3 is 2.61 bits per heavy atom. The van der Waals surface area contributed by atoms with Gasteiger partial charge in [0.1, 0.15) is 11.8 Å². The van der Waals surface area contributed by atoms with E-state index < -0.39 is 6.04 Å². The van der Waals surface area contributed by atoms with E-state index in [0.717, 1.165) is 22.6 Å². The standard InChI is InChI=1S/C23H23N3O4S/c1-14(2)20-17(25-21(30-20)16-6-4-3-5-7-16)10-11-29-19-9-8-15(13-24-19)12-18-22(27)31-23(28)26-18/h3-9,13-14,18H,10-12H2,1-2H3,(H,26,28). The Hall–Kier alpha value is -3.13. The number of ether oxygens (including phenoxy) is 1. The first kappa shape index (κ1) is 21.1. The number of aromatic nitrogens is 2. The van der Waals surface area contributed by atoms with E-state index in [1.807, 2.05) is 36.4 Å². The van der Waals surface area contributed by atoms with Crippen molar-refractivity contribution in [1.29, 1.82) is 0 Å². The molecule has 4 rings (SSSR count). The Labute approximate surface area is 184 Å². The normalized spacial score (nSPS) is 16.0. The molecule has 2 aromatic heterocycles. The predicted molar refractivity (Wildman–Crippen MR) is 118 cm³/mol. The van der Waals surface area contributed by atoms with Gasteiger partial charge in [-0.3, -0.25) is 9.59 Å². The van der Waals surface area contributed by atoms with E-state index in [-0.39, 0.29) is 16.3 Å². The Balaban J connectivity index is 1.35. The van der Waals surface area contributed by atoms with Crippen molar-refractivity contribution in [3.8, 4) is 17.3 Å². The van der Waals surface area contributed by atoms with Crippen LogP contribution in [0.15, 0.2) is 53.1 Å². The second-order valence-electron chi connectivity index (χ2n) is 7.56. The minimum atomic E-state index is -0.494. The van der Waals surface area contributed by atoms with Crippen LogP contribution >= 0.6 is 11.8 Å². The molecule has 0 saturated carbocycles. The first-order chi connectivity index (χ1) is 15.0. The summed E-state index contributed by atoms with van der Waals surface area (Å²) in [6.45, 7) is 4.58. The largest absolute Gasteiger partial charge is 0.477 e. The first-order valence-corrected chi connectivity index (χ1v) is 11.0. The van der Waals surface area contributed by atoms with Crippen molar-refractivity contribution >= 4 is 22.1 Å². The molecule has 0 spiro atoms. The number of pyridine rings is 1. The van der Waals surface area contributed by atoms with Gasteiger partial charge in [-0.25, -0.2) is 9.97 Å². The molecule has 1 aliphatic rings. The second kappa shape index (κ2) is 9.34. The molecule has 8 heteroatoms. The fourth-order valence-electron chi connectivity index (χ4n) is 3.33. The molecule has 160 valence electrons. The maximum Gasteiger partial charge on any atom is 0.287 e. The first-order valence-electron chi connectivity index (χ1n) is 10.1. The van der Waals surface area contributed by atoms with Gasteiger partial charge < -0.3 is 14.5 Å². The summed E-state index contributed by atoms with van der Waals surface area (Å²) >= 11 is 0.716. The average Bonchev–Trinajstić information content (AvgIpc) is 3.33. The molecule has 3 aromatic rings. The van der Waals surface area contributed by atoms with Crippen molar-refractivity contribution in [3.63, 3.8) is 0 Å². The van der Waals surface area contributed by atoms with Gasteiger partial charge in [-0.2, -0.15) is 0 Å². The van der Waals surface area contributed by atoms with Gasteiger partial charge in [0.2, 0.25) is 16.9 Å². The molecular formula is C23H23N3O4S. The topological polar surface area (TPSA) is 94.3 Å². The number of hydrogen-bond donors (Lipinski definition) is 1. The van der Waals surface area contributed by atoms with Gasteiger partial charge in [-0.1, -0.05) is 38.1 Å². The summed E-state index contributed by atoms with van der Waals surface area (Å²) in [5.74, 6) is 2.20. The van der Waals surface area contributed by atoms with E-state index in [1.165, 1.54) is 0 Å². The van der Waals surface area contributed by atoms with Crippen molar-refractivity contribution in [1.82, 2.24) is 15.3 Å². The molecule has 1 N–H and O–H groups in total. The molecule has 1 aromatic carbocycles. The Bertz CT molecular complexity index is 1060. The Morgan fingerprint density at radius 2 is 1.97 bits per heavy atom. The smallest absolute Gasteiger partial charge is 0.287 e. The van der Waals surface area contributed by atoms with Gasteiger partial charge in [0.25, 0.3) is 5.24 Å². The predicted octanol–water partition coefficient (Wildman–Crippen LogP) is 4.38. The van der Waals surface area contributed by atoms with Crippen LogP contribution in [0.2, 0.25) is 0 Å². The number of benzene rings is 1. The van der Waals surface area contributed by atoms with Crippen molar-refractivity contribution in [2.75, 3.05) is 6.61 Å². The Kier molecular flexibility index (Phi) is 6.36. The maximum absolute atomic E-state index is 11.7. The summed E-state index contributed by atoms with van der Waals surface area (Å²) in [5, 5.41) is 2.19. The highest BCUT2D eigenvalue weighted by molar-refractivity contribution is 8.26. The molecule has 1 unspecified atom stereocenters. The van der Waals surface area contributed by atoms with Gasteiger partial charge >= 0.3 is 0 Å². The minimum absolute atomic E-state index is 0.159. The number of carbonyl (C=O) groups is 2. The number of amides is 1. The molecule has 1 atom stereocenters. The zero-order chi connectivity index (χ0) is 21.8. The number of nitrogens with zero attached hydrogens (tertiary/aromatic N) is 2. The average molecular weight is 438 g/mol. The third-order valence-electron chi connectivity index (χ3n) is 4.87. The van der Waals surface area contributed by atoms with Crippen LogP contribution in [0.3, 0.4) is 0 Å². The van der Waals surface area contributed by atoms with Crippen LogP contribution in [0.5, 0.6) is 5.88 Å². The van der Waals surface area contributed by atoms with Crippen LogP contribution in [0.25, 0.3) is 11.5 Å². The minimum Gasteiger partial charge on any atom is -0.477 e. The summed E-state index contributed by atoms with van der Waals surface area (Å²) in [4.78, 5) is 32.0. The lowest BCUT2D eigenvalue weighted by atomic mass is 10.1. The molecule has 1 amide bonds. The van der Waals surface area contributed by atoms with Crippen LogP contribution in [0.4, 0.5) is 4.79 Å². The number of carbonyl (C=O) groups excluding carboxylic acids is 2. The number of rotatable bonds is 8. The van der Waals surface area contributed by atoms with E-state index in [9.17, 15) is 9.59 Å². The van der Waals surface area contributed by atoms with Gasteiger partial charge in [0.05, 0.1) is 12.3 Å². The third-order valence-corrected chi connectivity index (χ3v) is 5.66. The van der Waals surface area contributed by atoms with E-state index in [4.69, 9.17) is 9.15 Å². The van der Waals surface area contributed by atoms with Crippen LogP contribution < -0.4 is 10.1 Å².